The van der Waals surface area contributed by atoms with Crippen molar-refractivity contribution in [2.24, 2.45) is 0 Å². The van der Waals surface area contributed by atoms with E-state index in [-0.39, 0.29) is 10.8 Å². The van der Waals surface area contributed by atoms with Gasteiger partial charge in [0.2, 0.25) is 6.10 Å². The van der Waals surface area contributed by atoms with Crippen LogP contribution in [0.15, 0.2) is 54.6 Å². The van der Waals surface area contributed by atoms with Crippen LogP contribution in [0.4, 0.5) is 4.39 Å². The molecule has 1 saturated heterocycles. The monoisotopic (exact) mass is 399 g/mol. The number of carbonyl (C=O) groups excluding carboxylic acids is 2. The Labute approximate surface area is 165 Å². The number of hydrogen-bond acceptors (Lipinski definition) is 5. The highest BCUT2D eigenvalue weighted by Gasteiger charge is 2.31. The first kappa shape index (κ1) is 18.6. The number of fused-ring (bicyclic) bond motifs is 1. The molecule has 0 N–H and O–H groups in total. The van der Waals surface area contributed by atoms with Crippen LogP contribution < -0.4 is 0 Å². The van der Waals surface area contributed by atoms with Crippen molar-refractivity contribution in [3.05, 3.63) is 70.9 Å². The van der Waals surface area contributed by atoms with Gasteiger partial charge < -0.3 is 14.4 Å². The van der Waals surface area contributed by atoms with Crippen LogP contribution in [0.5, 0.6) is 0 Å². The predicted octanol–water partition coefficient (Wildman–Crippen LogP) is 3.80. The molecule has 3 aromatic rings. The van der Waals surface area contributed by atoms with Gasteiger partial charge in [-0.05, 0) is 18.2 Å². The smallest absolute Gasteiger partial charge is 0.349 e. The van der Waals surface area contributed by atoms with Crippen molar-refractivity contribution in [1.82, 2.24) is 4.90 Å². The molecule has 1 aliphatic rings. The number of thiophene rings is 1. The van der Waals surface area contributed by atoms with Gasteiger partial charge in [-0.3, -0.25) is 4.79 Å². The van der Waals surface area contributed by atoms with Gasteiger partial charge in [0.05, 0.1) is 13.2 Å². The van der Waals surface area contributed by atoms with Crippen LogP contribution in [0, 0.1) is 5.82 Å². The summed E-state index contributed by atoms with van der Waals surface area (Å²) in [6.07, 6.45) is -1.05. The van der Waals surface area contributed by atoms with Crippen LogP contribution in [0.1, 0.15) is 21.3 Å². The maximum Gasteiger partial charge on any atom is 0.349 e. The second-order valence-corrected chi connectivity index (χ2v) is 7.48. The molecular formula is C21H18FNO4S. The highest BCUT2D eigenvalue weighted by Crippen LogP contribution is 2.30. The summed E-state index contributed by atoms with van der Waals surface area (Å²) in [6, 6.07) is 15.1. The van der Waals surface area contributed by atoms with E-state index in [1.54, 1.807) is 41.3 Å². The molecule has 0 aliphatic carbocycles. The zero-order valence-electron chi connectivity index (χ0n) is 15.0. The zero-order chi connectivity index (χ0) is 19.5. The number of halogens is 1. The minimum Gasteiger partial charge on any atom is -0.443 e. The fraction of sp³-hybridized carbons (Fsp3) is 0.238. The number of amides is 1. The number of ether oxygens (including phenoxy) is 2. The lowest BCUT2D eigenvalue weighted by Gasteiger charge is -2.30. The van der Waals surface area contributed by atoms with E-state index in [0.717, 1.165) is 11.3 Å². The van der Waals surface area contributed by atoms with Crippen LogP contribution >= 0.6 is 11.3 Å². The van der Waals surface area contributed by atoms with Crippen molar-refractivity contribution in [2.45, 2.75) is 6.10 Å². The van der Waals surface area contributed by atoms with Gasteiger partial charge in [0.1, 0.15) is 10.7 Å². The number of hydrogen-bond donors (Lipinski definition) is 0. The van der Waals surface area contributed by atoms with Crippen molar-refractivity contribution in [1.29, 1.82) is 0 Å². The van der Waals surface area contributed by atoms with Gasteiger partial charge in [0, 0.05) is 28.7 Å². The second-order valence-electron chi connectivity index (χ2n) is 6.40. The summed E-state index contributed by atoms with van der Waals surface area (Å²) < 4.78 is 25.5. The number of esters is 1. The number of rotatable bonds is 4. The molecule has 4 rings (SSSR count). The summed E-state index contributed by atoms with van der Waals surface area (Å²) in [5.41, 5.74) is 0.597. The number of nitrogens with zero attached hydrogens (tertiary/aromatic N) is 1. The lowest BCUT2D eigenvalue weighted by Crippen LogP contribution is -2.44. The summed E-state index contributed by atoms with van der Waals surface area (Å²) in [5.74, 6) is -1.32. The first-order valence-corrected chi connectivity index (χ1v) is 9.75. The summed E-state index contributed by atoms with van der Waals surface area (Å²) in [6.45, 7) is 1.81. The van der Waals surface area contributed by atoms with E-state index < -0.39 is 17.9 Å². The molecule has 5 nitrogen and oxygen atoms in total. The van der Waals surface area contributed by atoms with Crippen LogP contribution in [0.2, 0.25) is 0 Å². The van der Waals surface area contributed by atoms with E-state index in [9.17, 15) is 14.0 Å². The Bertz CT molecular complexity index is 998. The van der Waals surface area contributed by atoms with E-state index in [1.165, 1.54) is 12.1 Å². The van der Waals surface area contributed by atoms with Crippen LogP contribution in [-0.4, -0.2) is 43.1 Å². The van der Waals surface area contributed by atoms with Gasteiger partial charge in [-0.1, -0.05) is 36.4 Å². The molecule has 2 heterocycles. The molecule has 144 valence electrons. The van der Waals surface area contributed by atoms with Crippen molar-refractivity contribution < 1.29 is 23.5 Å². The van der Waals surface area contributed by atoms with Gasteiger partial charge in [-0.2, -0.15) is 0 Å². The SMILES string of the molecule is O=C(OC(C(=O)N1CCOCC1)c1ccccc1)c1cc2c(F)cccc2s1. The number of benzene rings is 2. The van der Waals surface area contributed by atoms with Crippen LogP contribution in [0.3, 0.4) is 0 Å². The average Bonchev–Trinajstić information content (AvgIpc) is 3.19. The topological polar surface area (TPSA) is 55.8 Å². The van der Waals surface area contributed by atoms with E-state index in [4.69, 9.17) is 9.47 Å². The molecular weight excluding hydrogens is 381 g/mol. The van der Waals surface area contributed by atoms with Crippen molar-refractivity contribution in [3.63, 3.8) is 0 Å². The first-order chi connectivity index (χ1) is 13.6. The Morgan fingerprint density at radius 1 is 1.07 bits per heavy atom. The quantitative estimate of drug-likeness (QED) is 0.627. The Balaban J connectivity index is 1.61. The van der Waals surface area contributed by atoms with Gasteiger partial charge >= 0.3 is 5.97 Å². The highest BCUT2D eigenvalue weighted by atomic mass is 32.1. The predicted molar refractivity (Wildman–Crippen MR) is 104 cm³/mol. The number of morpholine rings is 1. The fourth-order valence-electron chi connectivity index (χ4n) is 3.13. The molecule has 1 unspecified atom stereocenters. The number of carbonyl (C=O) groups is 2. The van der Waals surface area contributed by atoms with Crippen LogP contribution in [-0.2, 0) is 14.3 Å². The third kappa shape index (κ3) is 3.76. The van der Waals surface area contributed by atoms with Crippen molar-refractivity contribution >= 4 is 33.3 Å². The molecule has 1 atom stereocenters. The van der Waals surface area contributed by atoms with E-state index in [2.05, 4.69) is 0 Å². The van der Waals surface area contributed by atoms with E-state index in [1.807, 2.05) is 6.07 Å². The minimum atomic E-state index is -1.05. The Kier molecular flexibility index (Phi) is 5.36. The van der Waals surface area contributed by atoms with E-state index >= 15 is 0 Å². The normalized spacial score (nSPS) is 15.4. The van der Waals surface area contributed by atoms with Gasteiger partial charge in [-0.15, -0.1) is 11.3 Å². The summed E-state index contributed by atoms with van der Waals surface area (Å²) >= 11 is 1.14. The highest BCUT2D eigenvalue weighted by molar-refractivity contribution is 7.20. The van der Waals surface area contributed by atoms with Crippen LogP contribution in [0.25, 0.3) is 10.1 Å². The average molecular weight is 399 g/mol. The fourth-order valence-corrected chi connectivity index (χ4v) is 4.09. The molecule has 2 aromatic carbocycles. The zero-order valence-corrected chi connectivity index (χ0v) is 15.8. The molecule has 7 heteroatoms. The minimum absolute atomic E-state index is 0.260. The Morgan fingerprint density at radius 3 is 2.54 bits per heavy atom. The standard InChI is InChI=1S/C21H18FNO4S/c22-16-7-4-8-17-15(16)13-18(28-17)21(25)27-19(14-5-2-1-3-6-14)20(24)23-9-11-26-12-10-23/h1-8,13,19H,9-12H2. The molecule has 0 spiro atoms. The Morgan fingerprint density at radius 2 is 1.82 bits per heavy atom. The molecule has 1 aromatic heterocycles. The van der Waals surface area contributed by atoms with Crippen molar-refractivity contribution in [2.75, 3.05) is 26.3 Å². The first-order valence-electron chi connectivity index (χ1n) is 8.94. The molecule has 28 heavy (non-hydrogen) atoms. The van der Waals surface area contributed by atoms with Gasteiger partial charge in [0.25, 0.3) is 5.91 Å². The lowest BCUT2D eigenvalue weighted by molar-refractivity contribution is -0.145. The van der Waals surface area contributed by atoms with E-state index in [0.29, 0.717) is 42.0 Å². The largest absolute Gasteiger partial charge is 0.443 e. The van der Waals surface area contributed by atoms with Gasteiger partial charge in [-0.25, -0.2) is 9.18 Å². The summed E-state index contributed by atoms with van der Waals surface area (Å²) in [7, 11) is 0. The summed E-state index contributed by atoms with van der Waals surface area (Å²) in [4.78, 5) is 27.7. The second kappa shape index (κ2) is 8.08. The molecule has 1 aliphatic heterocycles. The molecule has 1 fully saturated rings. The van der Waals surface area contributed by atoms with Gasteiger partial charge in [0.15, 0.2) is 0 Å². The maximum atomic E-state index is 13.9. The Hall–Kier alpha value is -2.77. The lowest BCUT2D eigenvalue weighted by atomic mass is 10.1. The molecule has 0 saturated carbocycles. The summed E-state index contributed by atoms with van der Waals surface area (Å²) in [5, 5.41) is 0.371. The third-order valence-corrected chi connectivity index (χ3v) is 5.66. The third-order valence-electron chi connectivity index (χ3n) is 4.58. The maximum absolute atomic E-state index is 13.9. The molecule has 0 bridgehead atoms. The molecule has 0 radical (unpaired) electrons. The van der Waals surface area contributed by atoms with Crippen molar-refractivity contribution in [3.8, 4) is 0 Å². The molecule has 1 amide bonds.